The molecule has 2 N–H and O–H groups in total. The van der Waals surface area contributed by atoms with E-state index < -0.39 is 0 Å². The van der Waals surface area contributed by atoms with E-state index in [-0.39, 0.29) is 12.4 Å². The van der Waals surface area contributed by atoms with Gasteiger partial charge in [-0.15, -0.1) is 12.4 Å². The first kappa shape index (κ1) is 12.8. The molecule has 0 aliphatic heterocycles. The van der Waals surface area contributed by atoms with Crippen molar-refractivity contribution in [3.8, 4) is 0 Å². The summed E-state index contributed by atoms with van der Waals surface area (Å²) < 4.78 is 0. The van der Waals surface area contributed by atoms with Gasteiger partial charge in [0.15, 0.2) is 0 Å². The second-order valence-corrected chi connectivity index (χ2v) is 4.07. The van der Waals surface area contributed by atoms with E-state index in [9.17, 15) is 0 Å². The molecular formula is C10H16ClNS. The van der Waals surface area contributed by atoms with Gasteiger partial charge >= 0.3 is 0 Å². The largest absolute Gasteiger partial charge is 0.329 e. The van der Waals surface area contributed by atoms with E-state index in [0.717, 1.165) is 12.3 Å². The van der Waals surface area contributed by atoms with Gasteiger partial charge in [0.1, 0.15) is 0 Å². The Bertz CT molecular complexity index is 215. The summed E-state index contributed by atoms with van der Waals surface area (Å²) in [6.07, 6.45) is 0. The lowest BCUT2D eigenvalue weighted by Gasteiger charge is -2.12. The zero-order chi connectivity index (χ0) is 8.81. The Labute approximate surface area is 90.5 Å². The van der Waals surface area contributed by atoms with Gasteiger partial charge in [0.05, 0.1) is 0 Å². The highest BCUT2D eigenvalue weighted by Crippen LogP contribution is 2.26. The van der Waals surface area contributed by atoms with Gasteiger partial charge in [0.25, 0.3) is 0 Å². The van der Waals surface area contributed by atoms with E-state index >= 15 is 0 Å². The molecule has 0 saturated carbocycles. The third-order valence-electron chi connectivity index (χ3n) is 1.75. The number of nitrogens with two attached hydrogens (primary N) is 1. The third-order valence-corrected chi connectivity index (χ3v) is 2.95. The Morgan fingerprint density at radius 2 is 1.92 bits per heavy atom. The van der Waals surface area contributed by atoms with Gasteiger partial charge in [-0.2, -0.15) is 11.8 Å². The maximum atomic E-state index is 5.67. The average Bonchev–Trinajstić information content (AvgIpc) is 2.15. The van der Waals surface area contributed by atoms with Gasteiger partial charge in [-0.25, -0.2) is 0 Å². The second-order valence-electron chi connectivity index (χ2n) is 2.59. The molecule has 0 aromatic heterocycles. The monoisotopic (exact) mass is 217 g/mol. The molecule has 0 radical (unpaired) electrons. The zero-order valence-corrected chi connectivity index (χ0v) is 9.41. The van der Waals surface area contributed by atoms with Crippen molar-refractivity contribution >= 4 is 24.2 Å². The predicted molar refractivity (Wildman–Crippen MR) is 63.6 cm³/mol. The summed E-state index contributed by atoms with van der Waals surface area (Å²) in [5.41, 5.74) is 7.01. The highest BCUT2D eigenvalue weighted by molar-refractivity contribution is 7.99. The topological polar surface area (TPSA) is 26.0 Å². The molecule has 0 saturated heterocycles. The molecule has 0 amide bonds. The van der Waals surface area contributed by atoms with Gasteiger partial charge in [-0.1, -0.05) is 37.3 Å². The molecule has 0 aliphatic rings. The number of thioether (sulfide) groups is 1. The molecule has 1 aromatic rings. The van der Waals surface area contributed by atoms with Crippen molar-refractivity contribution in [2.45, 2.75) is 12.2 Å². The number of hydrogen-bond acceptors (Lipinski definition) is 2. The highest BCUT2D eigenvalue weighted by Gasteiger charge is 2.06. The summed E-state index contributed by atoms with van der Waals surface area (Å²) >= 11 is 1.90. The van der Waals surface area contributed by atoms with Crippen LogP contribution in [-0.2, 0) is 0 Å². The minimum Gasteiger partial charge on any atom is -0.329 e. The van der Waals surface area contributed by atoms with Crippen molar-refractivity contribution in [3.05, 3.63) is 35.9 Å². The molecule has 1 aromatic carbocycles. The van der Waals surface area contributed by atoms with E-state index in [2.05, 4.69) is 31.2 Å². The van der Waals surface area contributed by atoms with Gasteiger partial charge in [-0.3, -0.25) is 0 Å². The van der Waals surface area contributed by atoms with Crippen LogP contribution < -0.4 is 5.73 Å². The van der Waals surface area contributed by atoms with Crippen molar-refractivity contribution in [3.63, 3.8) is 0 Å². The van der Waals surface area contributed by atoms with Crippen molar-refractivity contribution < 1.29 is 0 Å². The fourth-order valence-corrected chi connectivity index (χ4v) is 2.06. The fourth-order valence-electron chi connectivity index (χ4n) is 1.17. The number of rotatable bonds is 4. The van der Waals surface area contributed by atoms with Gasteiger partial charge in [0, 0.05) is 11.8 Å². The zero-order valence-electron chi connectivity index (χ0n) is 7.77. The summed E-state index contributed by atoms with van der Waals surface area (Å²) in [6.45, 7) is 2.89. The van der Waals surface area contributed by atoms with Crippen LogP contribution in [-0.4, -0.2) is 12.3 Å². The predicted octanol–water partition coefficient (Wildman–Crippen LogP) is 2.86. The van der Waals surface area contributed by atoms with Crippen LogP contribution in [0.4, 0.5) is 0 Å². The number of benzene rings is 1. The third kappa shape index (κ3) is 4.03. The fraction of sp³-hybridized carbons (Fsp3) is 0.400. The van der Waals surface area contributed by atoms with Crippen molar-refractivity contribution in [2.24, 2.45) is 5.73 Å². The van der Waals surface area contributed by atoms with Gasteiger partial charge in [-0.05, 0) is 11.3 Å². The molecule has 1 rings (SSSR count). The van der Waals surface area contributed by atoms with Crippen molar-refractivity contribution in [1.82, 2.24) is 0 Å². The summed E-state index contributed by atoms with van der Waals surface area (Å²) in [7, 11) is 0. The van der Waals surface area contributed by atoms with E-state index in [0.29, 0.717) is 5.25 Å². The Morgan fingerprint density at radius 3 is 2.38 bits per heavy atom. The Kier molecular flexibility index (Phi) is 7.14. The minimum atomic E-state index is 0. The van der Waals surface area contributed by atoms with E-state index in [4.69, 9.17) is 5.73 Å². The SMILES string of the molecule is CCSC(CN)c1ccccc1.Cl. The minimum absolute atomic E-state index is 0. The first-order valence-electron chi connectivity index (χ1n) is 4.25. The number of hydrogen-bond donors (Lipinski definition) is 1. The summed E-state index contributed by atoms with van der Waals surface area (Å²) in [6, 6.07) is 10.4. The normalized spacial score (nSPS) is 11.8. The maximum Gasteiger partial charge on any atom is 0.0419 e. The van der Waals surface area contributed by atoms with Crippen LogP contribution >= 0.6 is 24.2 Å². The first-order chi connectivity index (χ1) is 5.88. The van der Waals surface area contributed by atoms with E-state index in [1.165, 1.54) is 5.56 Å². The van der Waals surface area contributed by atoms with Gasteiger partial charge in [0.2, 0.25) is 0 Å². The van der Waals surface area contributed by atoms with Crippen LogP contribution in [0.5, 0.6) is 0 Å². The molecule has 0 bridgehead atoms. The quantitative estimate of drug-likeness (QED) is 0.840. The summed E-state index contributed by atoms with van der Waals surface area (Å²) in [5, 5.41) is 0.469. The standard InChI is InChI=1S/C10H15NS.ClH/c1-2-12-10(8-11)9-6-4-3-5-7-9;/h3-7,10H,2,8,11H2,1H3;1H. The smallest absolute Gasteiger partial charge is 0.0419 e. The first-order valence-corrected chi connectivity index (χ1v) is 5.30. The highest BCUT2D eigenvalue weighted by atomic mass is 35.5. The molecule has 0 spiro atoms. The summed E-state index contributed by atoms with van der Waals surface area (Å²) in [5.74, 6) is 1.12. The molecular weight excluding hydrogens is 202 g/mol. The molecule has 0 heterocycles. The molecule has 74 valence electrons. The average molecular weight is 218 g/mol. The molecule has 13 heavy (non-hydrogen) atoms. The van der Waals surface area contributed by atoms with E-state index in [1.54, 1.807) is 0 Å². The van der Waals surface area contributed by atoms with Crippen LogP contribution in [0.1, 0.15) is 17.7 Å². The second kappa shape index (κ2) is 7.25. The molecule has 3 heteroatoms. The van der Waals surface area contributed by atoms with Crippen LogP contribution in [0.3, 0.4) is 0 Å². The molecule has 0 aliphatic carbocycles. The van der Waals surface area contributed by atoms with Crippen LogP contribution in [0.2, 0.25) is 0 Å². The molecule has 1 atom stereocenters. The molecule has 1 nitrogen and oxygen atoms in total. The van der Waals surface area contributed by atoms with E-state index in [1.807, 2.05) is 17.8 Å². The van der Waals surface area contributed by atoms with Crippen LogP contribution in [0.25, 0.3) is 0 Å². The lowest BCUT2D eigenvalue weighted by atomic mass is 10.1. The lowest BCUT2D eigenvalue weighted by Crippen LogP contribution is -2.09. The van der Waals surface area contributed by atoms with Crippen molar-refractivity contribution in [2.75, 3.05) is 12.3 Å². The number of halogens is 1. The lowest BCUT2D eigenvalue weighted by molar-refractivity contribution is 0.942. The summed E-state index contributed by atoms with van der Waals surface area (Å²) in [4.78, 5) is 0. The molecule has 1 unspecified atom stereocenters. The van der Waals surface area contributed by atoms with Crippen LogP contribution in [0.15, 0.2) is 30.3 Å². The Morgan fingerprint density at radius 1 is 1.31 bits per heavy atom. The van der Waals surface area contributed by atoms with Crippen molar-refractivity contribution in [1.29, 1.82) is 0 Å². The van der Waals surface area contributed by atoms with Gasteiger partial charge < -0.3 is 5.73 Å². The molecule has 0 fully saturated rings. The van der Waals surface area contributed by atoms with Crippen LogP contribution in [0, 0.1) is 0 Å². The maximum absolute atomic E-state index is 5.67. The Balaban J connectivity index is 0.00000144. The Hall–Kier alpha value is -0.180.